The average molecular weight is 199 g/mol. The van der Waals surface area contributed by atoms with Crippen LogP contribution in [-0.2, 0) is 4.79 Å². The highest BCUT2D eigenvalue weighted by atomic mass is 16.4. The van der Waals surface area contributed by atoms with Crippen LogP contribution in [0.5, 0.6) is 0 Å². The van der Waals surface area contributed by atoms with Crippen LogP contribution >= 0.6 is 0 Å². The van der Waals surface area contributed by atoms with Crippen LogP contribution in [0.25, 0.3) is 0 Å². The fourth-order valence-electron chi connectivity index (χ4n) is 2.03. The molecule has 1 fully saturated rings. The first-order chi connectivity index (χ1) is 6.59. The summed E-state index contributed by atoms with van der Waals surface area (Å²) in [6, 6.07) is 0. The van der Waals surface area contributed by atoms with Gasteiger partial charge >= 0.3 is 5.97 Å². The highest BCUT2D eigenvalue weighted by molar-refractivity contribution is 5.67. The molecule has 0 amide bonds. The van der Waals surface area contributed by atoms with Crippen LogP contribution in [0.2, 0.25) is 0 Å². The topological polar surface area (TPSA) is 40.5 Å². The molecule has 1 rings (SSSR count). The first-order valence-corrected chi connectivity index (χ1v) is 5.53. The first kappa shape index (κ1) is 11.5. The minimum absolute atomic E-state index is 0.311. The Morgan fingerprint density at radius 1 is 1.36 bits per heavy atom. The van der Waals surface area contributed by atoms with E-state index in [4.69, 9.17) is 5.11 Å². The molecule has 1 N–H and O–H groups in total. The Morgan fingerprint density at radius 3 is 2.36 bits per heavy atom. The average Bonchev–Trinajstić information content (AvgIpc) is 2.54. The van der Waals surface area contributed by atoms with E-state index in [2.05, 4.69) is 18.7 Å². The summed E-state index contributed by atoms with van der Waals surface area (Å²) in [6.07, 6.45) is 2.87. The van der Waals surface area contributed by atoms with E-state index in [1.807, 2.05) is 0 Å². The third kappa shape index (κ3) is 3.66. The normalized spacial score (nSPS) is 20.2. The summed E-state index contributed by atoms with van der Waals surface area (Å²) in [5.74, 6) is 0.111. The lowest BCUT2D eigenvalue weighted by atomic mass is 9.92. The molecule has 0 spiro atoms. The van der Waals surface area contributed by atoms with Gasteiger partial charge in [0.2, 0.25) is 0 Å². The Bertz CT molecular complexity index is 186. The Morgan fingerprint density at radius 2 is 1.93 bits per heavy atom. The van der Waals surface area contributed by atoms with E-state index in [-0.39, 0.29) is 0 Å². The zero-order valence-corrected chi connectivity index (χ0v) is 9.20. The molecule has 1 heterocycles. The summed E-state index contributed by atoms with van der Waals surface area (Å²) >= 11 is 0. The van der Waals surface area contributed by atoms with Crippen molar-refractivity contribution in [2.45, 2.75) is 33.1 Å². The van der Waals surface area contributed by atoms with Gasteiger partial charge in [-0.3, -0.25) is 4.79 Å². The fourth-order valence-corrected chi connectivity index (χ4v) is 2.03. The minimum atomic E-state index is -0.664. The van der Waals surface area contributed by atoms with Crippen LogP contribution in [0.15, 0.2) is 0 Å². The SMILES string of the molecule is CC(C)C(CC(=O)O)CN1CCCC1. The van der Waals surface area contributed by atoms with Crippen molar-refractivity contribution in [3.05, 3.63) is 0 Å². The van der Waals surface area contributed by atoms with Crippen LogP contribution in [0, 0.1) is 11.8 Å². The van der Waals surface area contributed by atoms with Crippen molar-refractivity contribution in [2.75, 3.05) is 19.6 Å². The summed E-state index contributed by atoms with van der Waals surface area (Å²) in [5, 5.41) is 8.79. The number of hydrogen-bond donors (Lipinski definition) is 1. The van der Waals surface area contributed by atoms with E-state index in [9.17, 15) is 4.79 Å². The van der Waals surface area contributed by atoms with Gasteiger partial charge in [0.05, 0.1) is 0 Å². The largest absolute Gasteiger partial charge is 0.481 e. The van der Waals surface area contributed by atoms with E-state index in [1.54, 1.807) is 0 Å². The van der Waals surface area contributed by atoms with Crippen molar-refractivity contribution in [2.24, 2.45) is 11.8 Å². The predicted molar refractivity (Wildman–Crippen MR) is 56.3 cm³/mol. The molecule has 0 saturated carbocycles. The summed E-state index contributed by atoms with van der Waals surface area (Å²) in [4.78, 5) is 13.1. The van der Waals surface area contributed by atoms with Gasteiger partial charge in [0.1, 0.15) is 0 Å². The van der Waals surface area contributed by atoms with E-state index in [0.717, 1.165) is 19.6 Å². The van der Waals surface area contributed by atoms with E-state index >= 15 is 0 Å². The molecule has 1 unspecified atom stereocenters. The zero-order valence-electron chi connectivity index (χ0n) is 9.20. The van der Waals surface area contributed by atoms with Crippen LogP contribution in [0.1, 0.15) is 33.1 Å². The van der Waals surface area contributed by atoms with Crippen LogP contribution in [0.4, 0.5) is 0 Å². The second-order valence-electron chi connectivity index (χ2n) is 4.61. The van der Waals surface area contributed by atoms with Gasteiger partial charge in [0.25, 0.3) is 0 Å². The maximum absolute atomic E-state index is 10.7. The van der Waals surface area contributed by atoms with Gasteiger partial charge in [-0.15, -0.1) is 0 Å². The van der Waals surface area contributed by atoms with Gasteiger partial charge in [-0.05, 0) is 37.8 Å². The molecule has 0 aromatic carbocycles. The minimum Gasteiger partial charge on any atom is -0.481 e. The molecule has 1 saturated heterocycles. The number of rotatable bonds is 5. The van der Waals surface area contributed by atoms with Crippen LogP contribution in [0.3, 0.4) is 0 Å². The van der Waals surface area contributed by atoms with E-state index in [0.29, 0.717) is 18.3 Å². The van der Waals surface area contributed by atoms with Crippen molar-refractivity contribution >= 4 is 5.97 Å². The number of carboxylic acids is 1. The van der Waals surface area contributed by atoms with Gasteiger partial charge in [0.15, 0.2) is 0 Å². The molecule has 0 radical (unpaired) electrons. The maximum atomic E-state index is 10.7. The second-order valence-corrected chi connectivity index (χ2v) is 4.61. The number of aliphatic carboxylic acids is 1. The number of likely N-dealkylation sites (tertiary alicyclic amines) is 1. The lowest BCUT2D eigenvalue weighted by Gasteiger charge is -2.24. The van der Waals surface area contributed by atoms with Crippen LogP contribution < -0.4 is 0 Å². The molecule has 0 bridgehead atoms. The Balaban J connectivity index is 2.37. The first-order valence-electron chi connectivity index (χ1n) is 5.53. The van der Waals surface area contributed by atoms with Gasteiger partial charge in [-0.2, -0.15) is 0 Å². The quantitative estimate of drug-likeness (QED) is 0.734. The summed E-state index contributed by atoms with van der Waals surface area (Å²) in [5.41, 5.74) is 0. The molecule has 1 atom stereocenters. The molecular weight excluding hydrogens is 178 g/mol. The van der Waals surface area contributed by atoms with Gasteiger partial charge in [-0.1, -0.05) is 13.8 Å². The number of carboxylic acid groups (broad SMARTS) is 1. The smallest absolute Gasteiger partial charge is 0.303 e. The molecule has 3 heteroatoms. The van der Waals surface area contributed by atoms with Crippen LogP contribution in [-0.4, -0.2) is 35.6 Å². The molecule has 1 aliphatic rings. The predicted octanol–water partition coefficient (Wildman–Crippen LogP) is 1.83. The monoisotopic (exact) mass is 199 g/mol. The Hall–Kier alpha value is -0.570. The summed E-state index contributed by atoms with van der Waals surface area (Å²) < 4.78 is 0. The number of carbonyl (C=O) groups is 1. The zero-order chi connectivity index (χ0) is 10.6. The molecule has 0 aromatic heterocycles. The van der Waals surface area contributed by atoms with Crippen molar-refractivity contribution in [3.8, 4) is 0 Å². The maximum Gasteiger partial charge on any atom is 0.303 e. The molecule has 0 aliphatic carbocycles. The van der Waals surface area contributed by atoms with E-state index in [1.165, 1.54) is 12.8 Å². The summed E-state index contributed by atoms with van der Waals surface area (Å²) in [6.45, 7) is 7.50. The molecule has 0 aromatic rings. The number of nitrogens with zero attached hydrogens (tertiary/aromatic N) is 1. The Kier molecular flexibility index (Phi) is 4.39. The van der Waals surface area contributed by atoms with Gasteiger partial charge in [-0.25, -0.2) is 0 Å². The van der Waals surface area contributed by atoms with Gasteiger partial charge in [0, 0.05) is 13.0 Å². The third-order valence-electron chi connectivity index (χ3n) is 3.07. The molecular formula is C11H21NO2. The van der Waals surface area contributed by atoms with Crippen molar-refractivity contribution in [1.82, 2.24) is 4.90 Å². The lowest BCUT2D eigenvalue weighted by Crippen LogP contribution is -2.30. The van der Waals surface area contributed by atoms with Crippen molar-refractivity contribution in [3.63, 3.8) is 0 Å². The van der Waals surface area contributed by atoms with E-state index < -0.39 is 5.97 Å². The fraction of sp³-hybridized carbons (Fsp3) is 0.909. The van der Waals surface area contributed by atoms with Gasteiger partial charge < -0.3 is 10.0 Å². The highest BCUT2D eigenvalue weighted by Gasteiger charge is 2.21. The lowest BCUT2D eigenvalue weighted by molar-refractivity contribution is -0.138. The second kappa shape index (κ2) is 5.35. The highest BCUT2D eigenvalue weighted by Crippen LogP contribution is 2.19. The summed E-state index contributed by atoms with van der Waals surface area (Å²) in [7, 11) is 0. The molecule has 82 valence electrons. The number of hydrogen-bond acceptors (Lipinski definition) is 2. The van der Waals surface area contributed by atoms with Crippen molar-refractivity contribution in [1.29, 1.82) is 0 Å². The van der Waals surface area contributed by atoms with Crippen molar-refractivity contribution < 1.29 is 9.90 Å². The molecule has 1 aliphatic heterocycles. The standard InChI is InChI=1S/C11H21NO2/c1-9(2)10(7-11(13)14)8-12-5-3-4-6-12/h9-10H,3-8H2,1-2H3,(H,13,14). The third-order valence-corrected chi connectivity index (χ3v) is 3.07. The molecule has 14 heavy (non-hydrogen) atoms. The molecule has 3 nitrogen and oxygen atoms in total. The Labute approximate surface area is 86.1 Å².